The van der Waals surface area contributed by atoms with Gasteiger partial charge in [0.25, 0.3) is 0 Å². The van der Waals surface area contributed by atoms with Crippen molar-refractivity contribution in [2.45, 2.75) is 27.2 Å². The number of nitrogens with one attached hydrogen (secondary N) is 1. The Morgan fingerprint density at radius 2 is 1.88 bits per heavy atom. The van der Waals surface area contributed by atoms with Gasteiger partial charge in [-0.1, -0.05) is 26.0 Å². The molecule has 1 aromatic rings. The summed E-state index contributed by atoms with van der Waals surface area (Å²) in [6.45, 7) is 7.37. The molecule has 0 radical (unpaired) electrons. The Balaban J connectivity index is 2.52. The largest absolute Gasteiger partial charge is 0.316 e. The third kappa shape index (κ3) is 3.56. The normalized spacial score (nSPS) is 11.1. The van der Waals surface area contributed by atoms with Gasteiger partial charge in [-0.3, -0.25) is 0 Å². The smallest absolute Gasteiger partial charge is 0.162 e. The predicted molar refractivity (Wildman–Crippen MR) is 62.5 cm³/mol. The molecule has 1 rings (SSSR count). The molecule has 0 aliphatic heterocycles. The summed E-state index contributed by atoms with van der Waals surface area (Å²) >= 11 is 0. The van der Waals surface area contributed by atoms with E-state index in [1.54, 1.807) is 19.1 Å². The van der Waals surface area contributed by atoms with E-state index in [-0.39, 0.29) is 0 Å². The van der Waals surface area contributed by atoms with Crippen LogP contribution in [0.3, 0.4) is 0 Å². The molecule has 0 heterocycles. The van der Waals surface area contributed by atoms with Gasteiger partial charge in [-0.15, -0.1) is 0 Å². The summed E-state index contributed by atoms with van der Waals surface area (Å²) in [5.74, 6) is -0.854. The fourth-order valence-electron chi connectivity index (χ4n) is 1.49. The summed E-state index contributed by atoms with van der Waals surface area (Å²) in [7, 11) is 0. The number of aryl methyl sites for hydroxylation is 1. The summed E-state index contributed by atoms with van der Waals surface area (Å²) in [4.78, 5) is 0. The molecule has 0 unspecified atom stereocenters. The molecule has 16 heavy (non-hydrogen) atoms. The lowest BCUT2D eigenvalue weighted by atomic mass is 10.1. The van der Waals surface area contributed by atoms with Crippen molar-refractivity contribution in [3.63, 3.8) is 0 Å². The number of halogens is 2. The number of hydrogen-bond donors (Lipinski definition) is 1. The van der Waals surface area contributed by atoms with Crippen molar-refractivity contribution in [3.8, 4) is 0 Å². The molecule has 0 atom stereocenters. The highest BCUT2D eigenvalue weighted by molar-refractivity contribution is 5.25. The van der Waals surface area contributed by atoms with E-state index >= 15 is 0 Å². The molecule has 1 aromatic carbocycles. The minimum atomic E-state index is -0.721. The molecule has 0 aliphatic rings. The van der Waals surface area contributed by atoms with Crippen LogP contribution in [0.2, 0.25) is 0 Å². The van der Waals surface area contributed by atoms with Crippen LogP contribution in [0, 0.1) is 24.5 Å². The highest BCUT2D eigenvalue weighted by atomic mass is 19.2. The van der Waals surface area contributed by atoms with Gasteiger partial charge >= 0.3 is 0 Å². The van der Waals surface area contributed by atoms with Gasteiger partial charge in [-0.2, -0.15) is 0 Å². The van der Waals surface area contributed by atoms with Gasteiger partial charge in [0, 0.05) is 0 Å². The fourth-order valence-corrected chi connectivity index (χ4v) is 1.49. The average Bonchev–Trinajstić information content (AvgIpc) is 2.23. The summed E-state index contributed by atoms with van der Waals surface area (Å²) in [5, 5.41) is 3.21. The molecule has 0 saturated carbocycles. The Hall–Kier alpha value is -0.960. The van der Waals surface area contributed by atoms with Gasteiger partial charge in [0.1, 0.15) is 0 Å². The second kappa shape index (κ2) is 5.94. The van der Waals surface area contributed by atoms with Gasteiger partial charge in [0.05, 0.1) is 0 Å². The molecular formula is C13H19F2N. The molecule has 0 spiro atoms. The quantitative estimate of drug-likeness (QED) is 0.762. The zero-order valence-corrected chi connectivity index (χ0v) is 10.1. The van der Waals surface area contributed by atoms with Crippen molar-refractivity contribution in [1.29, 1.82) is 0 Å². The zero-order chi connectivity index (χ0) is 12.1. The lowest BCUT2D eigenvalue weighted by Crippen LogP contribution is -2.22. The molecule has 1 N–H and O–H groups in total. The highest BCUT2D eigenvalue weighted by Crippen LogP contribution is 2.15. The van der Waals surface area contributed by atoms with Crippen LogP contribution < -0.4 is 5.32 Å². The van der Waals surface area contributed by atoms with E-state index in [0.29, 0.717) is 30.0 Å². The second-order valence-electron chi connectivity index (χ2n) is 4.52. The molecule has 0 saturated heterocycles. The number of rotatable bonds is 5. The Bertz CT molecular complexity index is 348. The van der Waals surface area contributed by atoms with Gasteiger partial charge in [0.2, 0.25) is 0 Å². The summed E-state index contributed by atoms with van der Waals surface area (Å²) in [6, 6.07) is 3.28. The van der Waals surface area contributed by atoms with Gasteiger partial charge in [-0.25, -0.2) is 8.78 Å². The molecule has 0 amide bonds. The lowest BCUT2D eigenvalue weighted by molar-refractivity contribution is 0.488. The Kier molecular flexibility index (Phi) is 4.87. The summed E-state index contributed by atoms with van der Waals surface area (Å²) < 4.78 is 26.7. The first-order valence-electron chi connectivity index (χ1n) is 5.66. The van der Waals surface area contributed by atoms with Crippen LogP contribution in [0.1, 0.15) is 25.0 Å². The van der Waals surface area contributed by atoms with Crippen molar-refractivity contribution < 1.29 is 8.78 Å². The van der Waals surface area contributed by atoms with Gasteiger partial charge in [0.15, 0.2) is 11.6 Å². The topological polar surface area (TPSA) is 12.0 Å². The highest BCUT2D eigenvalue weighted by Gasteiger charge is 2.10. The van der Waals surface area contributed by atoms with Crippen molar-refractivity contribution in [2.75, 3.05) is 13.1 Å². The van der Waals surface area contributed by atoms with E-state index in [4.69, 9.17) is 0 Å². The van der Waals surface area contributed by atoms with Crippen molar-refractivity contribution >= 4 is 0 Å². The van der Waals surface area contributed by atoms with E-state index < -0.39 is 11.6 Å². The minimum absolute atomic E-state index is 0.358. The second-order valence-corrected chi connectivity index (χ2v) is 4.52. The monoisotopic (exact) mass is 227 g/mol. The molecule has 0 aliphatic carbocycles. The fraction of sp³-hybridized carbons (Fsp3) is 0.538. The Labute approximate surface area is 95.9 Å². The molecule has 0 aromatic heterocycles. The summed E-state index contributed by atoms with van der Waals surface area (Å²) in [6.07, 6.45) is 0.524. The minimum Gasteiger partial charge on any atom is -0.316 e. The standard InChI is InChI=1S/C13H19F2N/c1-9(2)8-16-7-6-11-5-4-10(3)12(14)13(11)15/h4-5,9,16H,6-8H2,1-3H3. The van der Waals surface area contributed by atoms with Crippen LogP contribution in [-0.4, -0.2) is 13.1 Å². The molecule has 90 valence electrons. The van der Waals surface area contributed by atoms with E-state index in [1.165, 1.54) is 0 Å². The van der Waals surface area contributed by atoms with E-state index in [1.807, 2.05) is 0 Å². The molecular weight excluding hydrogens is 208 g/mol. The van der Waals surface area contributed by atoms with Crippen LogP contribution in [0.15, 0.2) is 12.1 Å². The Morgan fingerprint density at radius 1 is 1.19 bits per heavy atom. The van der Waals surface area contributed by atoms with E-state index in [0.717, 1.165) is 6.54 Å². The number of hydrogen-bond acceptors (Lipinski definition) is 1. The van der Waals surface area contributed by atoms with Gasteiger partial charge < -0.3 is 5.32 Å². The maximum absolute atomic E-state index is 13.4. The maximum atomic E-state index is 13.4. The van der Waals surface area contributed by atoms with Crippen molar-refractivity contribution in [2.24, 2.45) is 5.92 Å². The molecule has 3 heteroatoms. The first kappa shape index (κ1) is 13.1. The van der Waals surface area contributed by atoms with Crippen LogP contribution in [0.4, 0.5) is 8.78 Å². The Morgan fingerprint density at radius 3 is 2.50 bits per heavy atom. The van der Waals surface area contributed by atoms with E-state index in [9.17, 15) is 8.78 Å². The first-order chi connectivity index (χ1) is 7.52. The number of benzene rings is 1. The zero-order valence-electron chi connectivity index (χ0n) is 10.1. The first-order valence-corrected chi connectivity index (χ1v) is 5.66. The molecule has 1 nitrogen and oxygen atoms in total. The molecule has 0 fully saturated rings. The van der Waals surface area contributed by atoms with Gasteiger partial charge in [-0.05, 0) is 43.5 Å². The van der Waals surface area contributed by atoms with Crippen LogP contribution in [0.25, 0.3) is 0 Å². The van der Waals surface area contributed by atoms with Crippen molar-refractivity contribution in [1.82, 2.24) is 5.32 Å². The molecule has 0 bridgehead atoms. The average molecular weight is 227 g/mol. The van der Waals surface area contributed by atoms with Crippen LogP contribution in [0.5, 0.6) is 0 Å². The predicted octanol–water partition coefficient (Wildman–Crippen LogP) is 3.06. The van der Waals surface area contributed by atoms with Crippen molar-refractivity contribution in [3.05, 3.63) is 34.9 Å². The summed E-state index contributed by atoms with van der Waals surface area (Å²) in [5.41, 5.74) is 0.802. The third-order valence-corrected chi connectivity index (χ3v) is 2.48. The van der Waals surface area contributed by atoms with Crippen LogP contribution in [-0.2, 0) is 6.42 Å². The van der Waals surface area contributed by atoms with E-state index in [2.05, 4.69) is 19.2 Å². The SMILES string of the molecule is Cc1ccc(CCNCC(C)C)c(F)c1F. The lowest BCUT2D eigenvalue weighted by Gasteiger charge is -2.09. The third-order valence-electron chi connectivity index (χ3n) is 2.48. The maximum Gasteiger partial charge on any atom is 0.162 e. The van der Waals surface area contributed by atoms with Crippen LogP contribution >= 0.6 is 0 Å².